The Kier molecular flexibility index (Phi) is 3.52. The number of benzene rings is 2. The van der Waals surface area contributed by atoms with Crippen LogP contribution in [0.15, 0.2) is 30.3 Å². The van der Waals surface area contributed by atoms with Gasteiger partial charge in [-0.2, -0.15) is 0 Å². The molecule has 3 rings (SSSR count). The van der Waals surface area contributed by atoms with E-state index < -0.39 is 5.97 Å². The molecular formula is C21H25NO2. The fourth-order valence-electron chi connectivity index (χ4n) is 3.07. The Labute approximate surface area is 142 Å². The number of H-pyrrole nitrogens is 1. The molecule has 0 saturated carbocycles. The number of carboxylic acids is 1. The van der Waals surface area contributed by atoms with Crippen LogP contribution in [0.1, 0.15) is 63.0 Å². The van der Waals surface area contributed by atoms with Crippen molar-refractivity contribution in [2.24, 2.45) is 0 Å². The SMILES string of the molecule is CC(C)(C)c1ccc2[nH]c3c(C(=O)O)cc(C(C)(C)C)cc3c2c1. The number of carboxylic acid groups (broad SMARTS) is 1. The average Bonchev–Trinajstić information content (AvgIpc) is 2.81. The zero-order valence-corrected chi connectivity index (χ0v) is 15.2. The average molecular weight is 323 g/mol. The smallest absolute Gasteiger partial charge is 0.337 e. The lowest BCUT2D eigenvalue weighted by atomic mass is 9.84. The van der Waals surface area contributed by atoms with Gasteiger partial charge >= 0.3 is 5.97 Å². The molecule has 0 bridgehead atoms. The molecule has 3 heteroatoms. The van der Waals surface area contributed by atoms with Crippen LogP contribution in [-0.2, 0) is 10.8 Å². The summed E-state index contributed by atoms with van der Waals surface area (Å²) in [5, 5.41) is 11.7. The molecule has 2 N–H and O–H groups in total. The molecule has 0 spiro atoms. The van der Waals surface area contributed by atoms with Crippen LogP contribution in [0, 0.1) is 0 Å². The van der Waals surface area contributed by atoms with Crippen molar-refractivity contribution in [3.63, 3.8) is 0 Å². The van der Waals surface area contributed by atoms with Gasteiger partial charge in [0.15, 0.2) is 0 Å². The molecular weight excluding hydrogens is 298 g/mol. The van der Waals surface area contributed by atoms with Crippen LogP contribution in [-0.4, -0.2) is 16.1 Å². The second kappa shape index (κ2) is 5.10. The van der Waals surface area contributed by atoms with Gasteiger partial charge < -0.3 is 10.1 Å². The standard InChI is InChI=1S/C21H25NO2/c1-20(2,3)12-7-8-17-14(9-12)15-10-13(21(4,5)6)11-16(19(23)24)18(15)22-17/h7-11,22H,1-6H3,(H,23,24). The van der Waals surface area contributed by atoms with Crippen molar-refractivity contribution in [1.29, 1.82) is 0 Å². The number of rotatable bonds is 1. The summed E-state index contributed by atoms with van der Waals surface area (Å²) in [5.41, 5.74) is 4.25. The Morgan fingerprint density at radius 2 is 1.46 bits per heavy atom. The minimum absolute atomic E-state index is 0.0506. The molecule has 1 aromatic heterocycles. The van der Waals surface area contributed by atoms with Gasteiger partial charge in [0, 0.05) is 16.3 Å². The number of nitrogens with one attached hydrogen (secondary N) is 1. The van der Waals surface area contributed by atoms with Gasteiger partial charge in [-0.05, 0) is 46.2 Å². The summed E-state index contributed by atoms with van der Waals surface area (Å²) in [5.74, 6) is -0.895. The molecule has 0 unspecified atom stereocenters. The number of fused-ring (bicyclic) bond motifs is 3. The van der Waals surface area contributed by atoms with Crippen molar-refractivity contribution in [1.82, 2.24) is 4.98 Å². The predicted molar refractivity (Wildman–Crippen MR) is 100 cm³/mol. The molecule has 0 aliphatic rings. The van der Waals surface area contributed by atoms with Crippen LogP contribution in [0.5, 0.6) is 0 Å². The summed E-state index contributed by atoms with van der Waals surface area (Å²) < 4.78 is 0. The van der Waals surface area contributed by atoms with Crippen LogP contribution in [0.3, 0.4) is 0 Å². The highest BCUT2D eigenvalue weighted by molar-refractivity contribution is 6.14. The Bertz CT molecular complexity index is 950. The summed E-state index contributed by atoms with van der Waals surface area (Å²) >= 11 is 0. The van der Waals surface area contributed by atoms with Crippen LogP contribution >= 0.6 is 0 Å². The summed E-state index contributed by atoms with van der Waals surface area (Å²) in [6.45, 7) is 12.9. The first-order valence-electron chi connectivity index (χ1n) is 8.32. The quantitative estimate of drug-likeness (QED) is 0.611. The largest absolute Gasteiger partial charge is 0.478 e. The molecule has 3 nitrogen and oxygen atoms in total. The van der Waals surface area contributed by atoms with Crippen molar-refractivity contribution >= 4 is 27.8 Å². The predicted octanol–water partition coefficient (Wildman–Crippen LogP) is 5.61. The highest BCUT2D eigenvalue weighted by Gasteiger charge is 2.22. The van der Waals surface area contributed by atoms with Crippen molar-refractivity contribution in [3.05, 3.63) is 47.0 Å². The third kappa shape index (κ3) is 2.68. The van der Waals surface area contributed by atoms with Crippen LogP contribution in [0.25, 0.3) is 21.8 Å². The molecule has 2 aromatic carbocycles. The molecule has 0 aliphatic heterocycles. The van der Waals surface area contributed by atoms with Crippen LogP contribution in [0.4, 0.5) is 0 Å². The fraction of sp³-hybridized carbons (Fsp3) is 0.381. The van der Waals surface area contributed by atoms with E-state index in [0.717, 1.165) is 21.9 Å². The lowest BCUT2D eigenvalue weighted by Gasteiger charge is -2.20. The summed E-state index contributed by atoms with van der Waals surface area (Å²) in [7, 11) is 0. The minimum Gasteiger partial charge on any atom is -0.478 e. The van der Waals surface area contributed by atoms with Crippen molar-refractivity contribution in [2.45, 2.75) is 52.4 Å². The normalized spacial score (nSPS) is 12.9. The number of hydrogen-bond donors (Lipinski definition) is 2. The number of aromatic nitrogens is 1. The number of aromatic carboxylic acids is 1. The van der Waals surface area contributed by atoms with Gasteiger partial charge in [-0.15, -0.1) is 0 Å². The summed E-state index contributed by atoms with van der Waals surface area (Å²) in [6.07, 6.45) is 0. The molecule has 0 aliphatic carbocycles. The van der Waals surface area contributed by atoms with Crippen molar-refractivity contribution in [2.75, 3.05) is 0 Å². The Hall–Kier alpha value is -2.29. The maximum absolute atomic E-state index is 11.8. The van der Waals surface area contributed by atoms with E-state index in [1.165, 1.54) is 5.56 Å². The lowest BCUT2D eigenvalue weighted by Crippen LogP contribution is -2.12. The number of hydrogen-bond acceptors (Lipinski definition) is 1. The third-order valence-corrected chi connectivity index (χ3v) is 4.67. The molecule has 24 heavy (non-hydrogen) atoms. The monoisotopic (exact) mass is 323 g/mol. The van der Waals surface area contributed by atoms with E-state index in [1.807, 2.05) is 0 Å². The molecule has 0 saturated heterocycles. The second-order valence-corrected chi connectivity index (χ2v) is 8.64. The van der Waals surface area contributed by atoms with Crippen molar-refractivity contribution < 1.29 is 9.90 Å². The topological polar surface area (TPSA) is 53.1 Å². The van der Waals surface area contributed by atoms with E-state index >= 15 is 0 Å². The number of carbonyl (C=O) groups is 1. The third-order valence-electron chi connectivity index (χ3n) is 4.67. The minimum atomic E-state index is -0.895. The van der Waals surface area contributed by atoms with E-state index in [0.29, 0.717) is 11.1 Å². The highest BCUT2D eigenvalue weighted by atomic mass is 16.4. The molecule has 3 aromatic rings. The van der Waals surface area contributed by atoms with E-state index in [4.69, 9.17) is 0 Å². The molecule has 1 heterocycles. The van der Waals surface area contributed by atoms with E-state index in [9.17, 15) is 9.90 Å². The van der Waals surface area contributed by atoms with Gasteiger partial charge in [-0.25, -0.2) is 4.79 Å². The van der Waals surface area contributed by atoms with E-state index in [2.05, 4.69) is 70.8 Å². The van der Waals surface area contributed by atoms with Crippen LogP contribution in [0.2, 0.25) is 0 Å². The Morgan fingerprint density at radius 1 is 0.875 bits per heavy atom. The summed E-state index contributed by atoms with van der Waals surface area (Å²) in [6, 6.07) is 10.3. The lowest BCUT2D eigenvalue weighted by molar-refractivity contribution is 0.0698. The van der Waals surface area contributed by atoms with Gasteiger partial charge in [-0.1, -0.05) is 47.6 Å². The number of aromatic amines is 1. The molecule has 0 amide bonds. The highest BCUT2D eigenvalue weighted by Crippen LogP contribution is 2.35. The maximum Gasteiger partial charge on any atom is 0.337 e. The molecule has 0 radical (unpaired) electrons. The first kappa shape index (κ1) is 16.6. The Morgan fingerprint density at radius 3 is 2.00 bits per heavy atom. The first-order chi connectivity index (χ1) is 11.0. The van der Waals surface area contributed by atoms with Gasteiger partial charge in [0.05, 0.1) is 11.1 Å². The Balaban J connectivity index is 2.43. The van der Waals surface area contributed by atoms with Gasteiger partial charge in [0.25, 0.3) is 0 Å². The summed E-state index contributed by atoms with van der Waals surface area (Å²) in [4.78, 5) is 15.1. The van der Waals surface area contributed by atoms with Crippen molar-refractivity contribution in [3.8, 4) is 0 Å². The molecule has 0 fully saturated rings. The van der Waals surface area contributed by atoms with Gasteiger partial charge in [0.1, 0.15) is 0 Å². The maximum atomic E-state index is 11.8. The molecule has 0 atom stereocenters. The molecule has 126 valence electrons. The van der Waals surface area contributed by atoms with Gasteiger partial charge in [-0.3, -0.25) is 0 Å². The first-order valence-corrected chi connectivity index (χ1v) is 8.32. The van der Waals surface area contributed by atoms with E-state index in [-0.39, 0.29) is 10.8 Å². The second-order valence-electron chi connectivity index (χ2n) is 8.64. The zero-order valence-electron chi connectivity index (χ0n) is 15.2. The van der Waals surface area contributed by atoms with Gasteiger partial charge in [0.2, 0.25) is 0 Å². The fourth-order valence-corrected chi connectivity index (χ4v) is 3.07. The zero-order chi connectivity index (χ0) is 17.9. The van der Waals surface area contributed by atoms with Crippen LogP contribution < -0.4 is 0 Å². The van der Waals surface area contributed by atoms with E-state index in [1.54, 1.807) is 6.07 Å².